The molecule has 0 aliphatic rings. The SMILES string of the molecule is CCOCCCOc1cc(Br)ccc1C(C)O. The quantitative estimate of drug-likeness (QED) is 0.785. The van der Waals surface area contributed by atoms with E-state index in [9.17, 15) is 5.11 Å². The number of ether oxygens (including phenoxy) is 2. The van der Waals surface area contributed by atoms with Crippen molar-refractivity contribution in [2.24, 2.45) is 0 Å². The van der Waals surface area contributed by atoms with Crippen LogP contribution in [0.5, 0.6) is 5.75 Å². The molecule has 3 nitrogen and oxygen atoms in total. The van der Waals surface area contributed by atoms with Gasteiger partial charge in [0.2, 0.25) is 0 Å². The fourth-order valence-corrected chi connectivity index (χ4v) is 1.81. The molecule has 0 bridgehead atoms. The van der Waals surface area contributed by atoms with Gasteiger partial charge in [-0.3, -0.25) is 0 Å². The van der Waals surface area contributed by atoms with Crippen LogP contribution in [-0.2, 0) is 4.74 Å². The maximum atomic E-state index is 9.62. The van der Waals surface area contributed by atoms with E-state index in [1.165, 1.54) is 0 Å². The lowest BCUT2D eigenvalue weighted by Crippen LogP contribution is -2.05. The first-order chi connectivity index (χ1) is 8.15. The maximum absolute atomic E-state index is 9.62. The van der Waals surface area contributed by atoms with Gasteiger partial charge in [-0.1, -0.05) is 22.0 Å². The van der Waals surface area contributed by atoms with Crippen LogP contribution in [0.2, 0.25) is 0 Å². The summed E-state index contributed by atoms with van der Waals surface area (Å²) in [4.78, 5) is 0. The van der Waals surface area contributed by atoms with Crippen molar-refractivity contribution in [2.75, 3.05) is 19.8 Å². The van der Waals surface area contributed by atoms with Crippen LogP contribution in [0.4, 0.5) is 0 Å². The summed E-state index contributed by atoms with van der Waals surface area (Å²) in [5.74, 6) is 0.728. The van der Waals surface area contributed by atoms with Crippen LogP contribution in [0.1, 0.15) is 31.9 Å². The molecule has 0 aromatic heterocycles. The molecule has 17 heavy (non-hydrogen) atoms. The van der Waals surface area contributed by atoms with Crippen LogP contribution in [-0.4, -0.2) is 24.9 Å². The molecule has 1 aromatic rings. The van der Waals surface area contributed by atoms with Crippen LogP contribution in [0.25, 0.3) is 0 Å². The highest BCUT2D eigenvalue weighted by atomic mass is 79.9. The number of hydrogen-bond donors (Lipinski definition) is 1. The van der Waals surface area contributed by atoms with Gasteiger partial charge in [-0.2, -0.15) is 0 Å². The van der Waals surface area contributed by atoms with Crippen LogP contribution in [0, 0.1) is 0 Å². The molecule has 1 atom stereocenters. The Morgan fingerprint density at radius 1 is 1.35 bits per heavy atom. The minimum atomic E-state index is -0.523. The lowest BCUT2D eigenvalue weighted by atomic mass is 10.1. The van der Waals surface area contributed by atoms with E-state index in [0.717, 1.165) is 28.8 Å². The van der Waals surface area contributed by atoms with E-state index >= 15 is 0 Å². The molecule has 0 saturated heterocycles. The van der Waals surface area contributed by atoms with Crippen LogP contribution < -0.4 is 4.74 Å². The molecule has 96 valence electrons. The van der Waals surface area contributed by atoms with Gasteiger partial charge < -0.3 is 14.6 Å². The molecule has 0 heterocycles. The topological polar surface area (TPSA) is 38.7 Å². The van der Waals surface area contributed by atoms with Crippen molar-refractivity contribution in [2.45, 2.75) is 26.4 Å². The molecule has 0 radical (unpaired) electrons. The Morgan fingerprint density at radius 3 is 2.76 bits per heavy atom. The molecule has 0 aliphatic carbocycles. The van der Waals surface area contributed by atoms with Gasteiger partial charge in [0.15, 0.2) is 0 Å². The van der Waals surface area contributed by atoms with E-state index in [-0.39, 0.29) is 0 Å². The predicted molar refractivity (Wildman–Crippen MR) is 71.4 cm³/mol. The van der Waals surface area contributed by atoms with Gasteiger partial charge in [0.1, 0.15) is 5.75 Å². The molecule has 1 rings (SSSR count). The summed E-state index contributed by atoms with van der Waals surface area (Å²) >= 11 is 3.39. The average Bonchev–Trinajstić information content (AvgIpc) is 2.28. The lowest BCUT2D eigenvalue weighted by molar-refractivity contribution is 0.129. The summed E-state index contributed by atoms with van der Waals surface area (Å²) in [6.07, 6.45) is 0.324. The Morgan fingerprint density at radius 2 is 2.12 bits per heavy atom. The third-order valence-corrected chi connectivity index (χ3v) is 2.81. The summed E-state index contributed by atoms with van der Waals surface area (Å²) in [6, 6.07) is 5.64. The normalized spacial score (nSPS) is 12.5. The van der Waals surface area contributed by atoms with Crippen molar-refractivity contribution in [1.82, 2.24) is 0 Å². The van der Waals surface area contributed by atoms with Crippen molar-refractivity contribution < 1.29 is 14.6 Å². The number of benzene rings is 1. The molecular weight excluding hydrogens is 284 g/mol. The zero-order valence-electron chi connectivity index (χ0n) is 10.3. The Bertz CT molecular complexity index is 339. The largest absolute Gasteiger partial charge is 0.493 e. The summed E-state index contributed by atoms with van der Waals surface area (Å²) in [5.41, 5.74) is 0.810. The first kappa shape index (κ1) is 14.5. The smallest absolute Gasteiger partial charge is 0.126 e. The number of hydrogen-bond acceptors (Lipinski definition) is 3. The molecule has 1 unspecified atom stereocenters. The standard InChI is InChI=1S/C13H19BrO3/c1-3-16-7-4-8-17-13-9-11(14)5-6-12(13)10(2)15/h5-6,9-10,15H,3-4,7-8H2,1-2H3. The molecule has 1 N–H and O–H groups in total. The van der Waals surface area contributed by atoms with Gasteiger partial charge in [-0.05, 0) is 26.0 Å². The Hall–Kier alpha value is -0.580. The highest BCUT2D eigenvalue weighted by Gasteiger charge is 2.09. The minimum Gasteiger partial charge on any atom is -0.493 e. The predicted octanol–water partition coefficient (Wildman–Crippen LogP) is 3.31. The van der Waals surface area contributed by atoms with Gasteiger partial charge in [0.25, 0.3) is 0 Å². The second kappa shape index (κ2) is 7.69. The number of aliphatic hydroxyl groups is 1. The molecule has 4 heteroatoms. The number of halogens is 1. The second-order valence-corrected chi connectivity index (χ2v) is 4.67. The van der Waals surface area contributed by atoms with Crippen molar-refractivity contribution in [3.8, 4) is 5.75 Å². The Balaban J connectivity index is 2.53. The Labute approximate surface area is 111 Å². The highest BCUT2D eigenvalue weighted by Crippen LogP contribution is 2.28. The lowest BCUT2D eigenvalue weighted by Gasteiger charge is -2.13. The minimum absolute atomic E-state index is 0.523. The van der Waals surface area contributed by atoms with Gasteiger partial charge in [-0.15, -0.1) is 0 Å². The fraction of sp³-hybridized carbons (Fsp3) is 0.538. The molecular formula is C13H19BrO3. The first-order valence-corrected chi connectivity index (χ1v) is 6.62. The number of rotatable bonds is 7. The van der Waals surface area contributed by atoms with Crippen LogP contribution in [0.15, 0.2) is 22.7 Å². The second-order valence-electron chi connectivity index (χ2n) is 3.76. The molecule has 0 fully saturated rings. The molecule has 0 amide bonds. The van der Waals surface area contributed by atoms with Crippen LogP contribution >= 0.6 is 15.9 Å². The monoisotopic (exact) mass is 302 g/mol. The summed E-state index contributed by atoms with van der Waals surface area (Å²) < 4.78 is 11.8. The maximum Gasteiger partial charge on any atom is 0.126 e. The van der Waals surface area contributed by atoms with Crippen molar-refractivity contribution in [3.05, 3.63) is 28.2 Å². The zero-order valence-corrected chi connectivity index (χ0v) is 11.9. The zero-order chi connectivity index (χ0) is 12.7. The van der Waals surface area contributed by atoms with E-state index in [1.54, 1.807) is 6.92 Å². The fourth-order valence-electron chi connectivity index (χ4n) is 1.47. The van der Waals surface area contributed by atoms with E-state index in [1.807, 2.05) is 25.1 Å². The summed E-state index contributed by atoms with van der Waals surface area (Å²) in [7, 11) is 0. The van der Waals surface area contributed by atoms with Crippen molar-refractivity contribution in [3.63, 3.8) is 0 Å². The molecule has 1 aromatic carbocycles. The van der Waals surface area contributed by atoms with Gasteiger partial charge >= 0.3 is 0 Å². The first-order valence-electron chi connectivity index (χ1n) is 5.83. The van der Waals surface area contributed by atoms with E-state index < -0.39 is 6.10 Å². The van der Waals surface area contributed by atoms with E-state index in [4.69, 9.17) is 9.47 Å². The highest BCUT2D eigenvalue weighted by molar-refractivity contribution is 9.10. The molecule has 0 spiro atoms. The number of aliphatic hydroxyl groups excluding tert-OH is 1. The van der Waals surface area contributed by atoms with Crippen LogP contribution in [0.3, 0.4) is 0 Å². The van der Waals surface area contributed by atoms with Crippen molar-refractivity contribution >= 4 is 15.9 Å². The third-order valence-electron chi connectivity index (χ3n) is 2.32. The van der Waals surface area contributed by atoms with Gasteiger partial charge in [0, 0.05) is 29.7 Å². The molecule has 0 saturated carbocycles. The average molecular weight is 303 g/mol. The van der Waals surface area contributed by atoms with E-state index in [2.05, 4.69) is 15.9 Å². The third kappa shape index (κ3) is 5.06. The van der Waals surface area contributed by atoms with Gasteiger partial charge in [-0.25, -0.2) is 0 Å². The molecule has 0 aliphatic heterocycles. The van der Waals surface area contributed by atoms with Gasteiger partial charge in [0.05, 0.1) is 12.7 Å². The van der Waals surface area contributed by atoms with E-state index in [0.29, 0.717) is 13.2 Å². The Kier molecular flexibility index (Phi) is 6.55. The summed E-state index contributed by atoms with van der Waals surface area (Å²) in [6.45, 7) is 5.73. The summed E-state index contributed by atoms with van der Waals surface area (Å²) in [5, 5.41) is 9.62. The van der Waals surface area contributed by atoms with Crippen molar-refractivity contribution in [1.29, 1.82) is 0 Å².